The predicted octanol–water partition coefficient (Wildman–Crippen LogP) is 1.65. The summed E-state index contributed by atoms with van der Waals surface area (Å²) in [5.41, 5.74) is 2.04. The van der Waals surface area contributed by atoms with Crippen LogP contribution < -0.4 is 0 Å². The lowest BCUT2D eigenvalue weighted by Gasteiger charge is -2.26. The molecule has 1 saturated heterocycles. The maximum atomic E-state index is 12.9. The summed E-state index contributed by atoms with van der Waals surface area (Å²) in [7, 11) is -3.83. The van der Waals surface area contributed by atoms with Gasteiger partial charge in [0.25, 0.3) is 0 Å². The summed E-state index contributed by atoms with van der Waals surface area (Å²) in [4.78, 5) is 14.3. The minimum absolute atomic E-state index is 0.0935. The van der Waals surface area contributed by atoms with Gasteiger partial charge < -0.3 is 14.6 Å². The van der Waals surface area contributed by atoms with E-state index in [9.17, 15) is 18.7 Å². The SMILES string of the molecule is Cc1ccc([S+](=O)([O-])N2CC(=O)N(CCc3ccccc3)CC(O)C2)cc1. The number of rotatable bonds is 5. The van der Waals surface area contributed by atoms with Crippen LogP contribution in [-0.4, -0.2) is 57.1 Å². The first kappa shape index (κ1) is 19.7. The summed E-state index contributed by atoms with van der Waals surface area (Å²) in [5, 5.41) is 10.3. The molecule has 0 radical (unpaired) electrons. The fourth-order valence-corrected chi connectivity index (χ4v) is 4.56. The fraction of sp³-hybridized carbons (Fsp3) is 0.350. The molecule has 2 unspecified atom stereocenters. The van der Waals surface area contributed by atoms with E-state index in [2.05, 4.69) is 0 Å². The Hall–Kier alpha value is -2.06. The first-order valence-corrected chi connectivity index (χ1v) is 10.4. The van der Waals surface area contributed by atoms with E-state index in [1.54, 1.807) is 17.0 Å². The number of nitrogens with zero attached hydrogens (tertiary/aromatic N) is 2. The third-order valence-electron chi connectivity index (χ3n) is 4.68. The van der Waals surface area contributed by atoms with Crippen LogP contribution in [0.5, 0.6) is 0 Å². The smallest absolute Gasteiger partial charge is 0.241 e. The normalized spacial score (nSPS) is 20.9. The molecule has 7 heteroatoms. The lowest BCUT2D eigenvalue weighted by Crippen LogP contribution is -2.43. The van der Waals surface area contributed by atoms with E-state index in [4.69, 9.17) is 0 Å². The Morgan fingerprint density at radius 1 is 1.11 bits per heavy atom. The summed E-state index contributed by atoms with van der Waals surface area (Å²) >= 11 is 0. The minimum atomic E-state index is -3.83. The Kier molecular flexibility index (Phi) is 6.06. The van der Waals surface area contributed by atoms with Crippen LogP contribution >= 0.6 is 0 Å². The fourth-order valence-electron chi connectivity index (χ4n) is 3.13. The van der Waals surface area contributed by atoms with Gasteiger partial charge in [0, 0.05) is 13.1 Å². The van der Waals surface area contributed by atoms with E-state index in [0.29, 0.717) is 13.0 Å². The molecule has 0 spiro atoms. The van der Waals surface area contributed by atoms with E-state index in [1.165, 1.54) is 12.1 Å². The van der Waals surface area contributed by atoms with E-state index in [-0.39, 0.29) is 30.4 Å². The molecule has 0 aromatic heterocycles. The Bertz CT molecular complexity index is 826. The number of benzene rings is 2. The quantitative estimate of drug-likeness (QED) is 0.790. The van der Waals surface area contributed by atoms with Crippen molar-refractivity contribution in [2.24, 2.45) is 0 Å². The summed E-state index contributed by atoms with van der Waals surface area (Å²) in [6.07, 6.45) is -0.267. The number of aliphatic hydroxyl groups is 1. The Morgan fingerprint density at radius 2 is 1.78 bits per heavy atom. The summed E-state index contributed by atoms with van der Waals surface area (Å²) < 4.78 is 26.8. The zero-order chi connectivity index (χ0) is 19.4. The zero-order valence-corrected chi connectivity index (χ0v) is 16.1. The van der Waals surface area contributed by atoms with Crippen molar-refractivity contribution in [1.29, 1.82) is 0 Å². The number of carbonyl (C=O) groups is 1. The predicted molar refractivity (Wildman–Crippen MR) is 103 cm³/mol. The molecule has 0 bridgehead atoms. The van der Waals surface area contributed by atoms with Crippen molar-refractivity contribution in [1.82, 2.24) is 9.21 Å². The topological polar surface area (TPSA) is 83.9 Å². The standard InChI is InChI=1S/C20H24N2O4S/c1-16-7-9-19(10-8-16)27(25,26)22-14-18(23)13-21(20(24)15-22)12-11-17-5-3-2-4-6-17/h2-10,18,23H,11-15H2,1H3. The van der Waals surface area contributed by atoms with Crippen LogP contribution in [0, 0.1) is 6.92 Å². The first-order chi connectivity index (χ1) is 12.9. The van der Waals surface area contributed by atoms with Crippen LogP contribution in [0.3, 0.4) is 0 Å². The second-order valence-electron chi connectivity index (χ2n) is 6.84. The molecule has 1 fully saturated rings. The Labute approximate surface area is 160 Å². The molecule has 2 atom stereocenters. The number of hydrogen-bond donors (Lipinski definition) is 1. The van der Waals surface area contributed by atoms with Crippen molar-refractivity contribution < 1.29 is 18.7 Å². The van der Waals surface area contributed by atoms with Gasteiger partial charge in [-0.3, -0.25) is 4.79 Å². The molecule has 1 aliphatic heterocycles. The van der Waals surface area contributed by atoms with Crippen molar-refractivity contribution in [2.75, 3.05) is 26.2 Å². The van der Waals surface area contributed by atoms with Gasteiger partial charge in [-0.2, -0.15) is 0 Å². The van der Waals surface area contributed by atoms with Crippen molar-refractivity contribution in [2.45, 2.75) is 24.3 Å². The third-order valence-corrected chi connectivity index (χ3v) is 6.51. The maximum absolute atomic E-state index is 12.9. The maximum Gasteiger partial charge on any atom is 0.241 e. The van der Waals surface area contributed by atoms with Gasteiger partial charge in [0.2, 0.25) is 5.91 Å². The first-order valence-electron chi connectivity index (χ1n) is 8.93. The molecule has 1 N–H and O–H groups in total. The van der Waals surface area contributed by atoms with Crippen LogP contribution in [0.25, 0.3) is 0 Å². The summed E-state index contributed by atoms with van der Waals surface area (Å²) in [5.74, 6) is -0.293. The largest absolute Gasteiger partial charge is 0.593 e. The van der Waals surface area contributed by atoms with Gasteiger partial charge in [0.1, 0.15) is 6.54 Å². The number of aliphatic hydroxyl groups excluding tert-OH is 1. The van der Waals surface area contributed by atoms with Gasteiger partial charge in [-0.1, -0.05) is 52.2 Å². The third kappa shape index (κ3) is 4.81. The molecule has 0 saturated carbocycles. The molecule has 2 aromatic rings. The van der Waals surface area contributed by atoms with Gasteiger partial charge >= 0.3 is 0 Å². The highest BCUT2D eigenvalue weighted by Gasteiger charge is 2.37. The van der Waals surface area contributed by atoms with Crippen LogP contribution in [0.15, 0.2) is 59.5 Å². The van der Waals surface area contributed by atoms with Crippen LogP contribution in [0.2, 0.25) is 0 Å². The molecule has 2 aromatic carbocycles. The minimum Gasteiger partial charge on any atom is -0.593 e. The molecular formula is C20H24N2O4S. The van der Waals surface area contributed by atoms with Crippen LogP contribution in [0.1, 0.15) is 11.1 Å². The molecule has 1 aliphatic rings. The van der Waals surface area contributed by atoms with Gasteiger partial charge in [0.05, 0.1) is 12.6 Å². The van der Waals surface area contributed by atoms with E-state index < -0.39 is 16.5 Å². The lowest BCUT2D eigenvalue weighted by atomic mass is 10.1. The lowest BCUT2D eigenvalue weighted by molar-refractivity contribution is -0.131. The number of carbonyl (C=O) groups excluding carboxylic acids is 1. The van der Waals surface area contributed by atoms with Gasteiger partial charge in [-0.25, -0.2) is 0 Å². The summed E-state index contributed by atoms with van der Waals surface area (Å²) in [6, 6.07) is 16.2. The number of β-amino-alcohol motifs (C(OH)–C–C–N with tert-alkyl or cyclic N) is 1. The average molecular weight is 388 g/mol. The van der Waals surface area contributed by atoms with E-state index in [0.717, 1.165) is 15.4 Å². The Balaban J connectivity index is 1.72. The highest BCUT2D eigenvalue weighted by atomic mass is 32.3. The molecular weight excluding hydrogens is 364 g/mol. The number of amides is 1. The molecule has 3 rings (SSSR count). The van der Waals surface area contributed by atoms with Gasteiger partial charge in [-0.15, -0.1) is 4.31 Å². The van der Waals surface area contributed by atoms with Crippen molar-refractivity contribution in [3.05, 3.63) is 65.7 Å². The van der Waals surface area contributed by atoms with Crippen molar-refractivity contribution in [3.63, 3.8) is 0 Å². The second kappa shape index (κ2) is 8.31. The van der Waals surface area contributed by atoms with Gasteiger partial charge in [-0.05, 0) is 31.0 Å². The van der Waals surface area contributed by atoms with Crippen LogP contribution in [-0.2, 0) is 25.8 Å². The van der Waals surface area contributed by atoms with Crippen molar-refractivity contribution in [3.8, 4) is 0 Å². The van der Waals surface area contributed by atoms with Crippen LogP contribution in [0.4, 0.5) is 0 Å². The molecule has 0 aliphatic carbocycles. The number of sulfonamides is 1. The van der Waals surface area contributed by atoms with E-state index in [1.807, 2.05) is 37.3 Å². The molecule has 1 heterocycles. The molecule has 1 amide bonds. The Morgan fingerprint density at radius 3 is 2.44 bits per heavy atom. The average Bonchev–Trinajstić information content (AvgIpc) is 2.80. The summed E-state index contributed by atoms with van der Waals surface area (Å²) in [6.45, 7) is 2.09. The van der Waals surface area contributed by atoms with Gasteiger partial charge in [0.15, 0.2) is 15.3 Å². The highest BCUT2D eigenvalue weighted by Crippen LogP contribution is 2.23. The monoisotopic (exact) mass is 388 g/mol. The molecule has 27 heavy (non-hydrogen) atoms. The number of aryl methyl sites for hydroxylation is 1. The number of hydrogen-bond acceptors (Lipinski definition) is 4. The van der Waals surface area contributed by atoms with E-state index >= 15 is 0 Å². The highest BCUT2D eigenvalue weighted by molar-refractivity contribution is 7.95. The second-order valence-corrected chi connectivity index (χ2v) is 8.78. The molecule has 6 nitrogen and oxygen atoms in total. The van der Waals surface area contributed by atoms with Crippen molar-refractivity contribution >= 4 is 16.3 Å². The molecule has 144 valence electrons. The zero-order valence-electron chi connectivity index (χ0n) is 15.3.